The van der Waals surface area contributed by atoms with Gasteiger partial charge in [0.2, 0.25) is 0 Å². The van der Waals surface area contributed by atoms with Gasteiger partial charge in [0, 0.05) is 30.4 Å². The van der Waals surface area contributed by atoms with E-state index in [1.54, 1.807) is 0 Å². The number of hydrogen-bond acceptors (Lipinski definition) is 5. The average molecular weight is 484 g/mol. The highest BCUT2D eigenvalue weighted by molar-refractivity contribution is 6.04. The van der Waals surface area contributed by atoms with Crippen LogP contribution in [0.15, 0.2) is 72.8 Å². The third kappa shape index (κ3) is 6.17. The molecule has 1 heterocycles. The van der Waals surface area contributed by atoms with Crippen molar-refractivity contribution in [2.45, 2.75) is 32.9 Å². The van der Waals surface area contributed by atoms with Gasteiger partial charge in [-0.1, -0.05) is 38.1 Å². The monoisotopic (exact) mass is 483 g/mol. The number of anilines is 1. The summed E-state index contributed by atoms with van der Waals surface area (Å²) in [7, 11) is 5.97. The third-order valence-electron chi connectivity index (χ3n) is 5.97. The number of carbonyl (C=O) groups is 1. The lowest BCUT2D eigenvalue weighted by atomic mass is 10.0. The fourth-order valence-electron chi connectivity index (χ4n) is 3.88. The molecule has 36 heavy (non-hydrogen) atoms. The quantitative estimate of drug-likeness (QED) is 0.340. The number of nitrogens with zero attached hydrogens (tertiary/aromatic N) is 4. The van der Waals surface area contributed by atoms with E-state index in [1.807, 2.05) is 86.4 Å². The number of amides is 1. The lowest BCUT2D eigenvalue weighted by Gasteiger charge is -2.11. The highest BCUT2D eigenvalue weighted by Crippen LogP contribution is 2.23. The van der Waals surface area contributed by atoms with Gasteiger partial charge in [0.25, 0.3) is 5.91 Å². The zero-order chi connectivity index (χ0) is 25.7. The maximum absolute atomic E-state index is 12.6. The summed E-state index contributed by atoms with van der Waals surface area (Å²) < 4.78 is 7.90. The fourth-order valence-corrected chi connectivity index (χ4v) is 3.88. The van der Waals surface area contributed by atoms with Gasteiger partial charge in [-0.15, -0.1) is 10.2 Å². The Labute approximate surface area is 212 Å². The average Bonchev–Trinajstić information content (AvgIpc) is 3.23. The Morgan fingerprint density at radius 1 is 1.00 bits per heavy atom. The van der Waals surface area contributed by atoms with Crippen LogP contribution in [-0.4, -0.2) is 39.7 Å². The van der Waals surface area contributed by atoms with E-state index in [4.69, 9.17) is 4.74 Å². The number of nitrogens with one attached hydrogen (secondary N) is 1. The molecule has 4 aromatic rings. The zero-order valence-corrected chi connectivity index (χ0v) is 21.5. The minimum atomic E-state index is -0.140. The van der Waals surface area contributed by atoms with Crippen molar-refractivity contribution in [1.29, 1.82) is 0 Å². The number of rotatable bonds is 9. The summed E-state index contributed by atoms with van der Waals surface area (Å²) in [5.41, 5.74) is 4.65. The molecule has 7 nitrogen and oxygen atoms in total. The second-order valence-electron chi connectivity index (χ2n) is 9.48. The van der Waals surface area contributed by atoms with Crippen molar-refractivity contribution >= 4 is 11.6 Å². The molecule has 0 saturated carbocycles. The van der Waals surface area contributed by atoms with Crippen LogP contribution in [0.2, 0.25) is 0 Å². The van der Waals surface area contributed by atoms with Gasteiger partial charge in [0.05, 0.1) is 0 Å². The Hall–Kier alpha value is -3.97. The molecule has 0 radical (unpaired) electrons. The highest BCUT2D eigenvalue weighted by atomic mass is 16.5. The van der Waals surface area contributed by atoms with Crippen LogP contribution in [0.1, 0.15) is 47.1 Å². The molecule has 0 spiro atoms. The van der Waals surface area contributed by atoms with E-state index in [1.165, 1.54) is 11.1 Å². The van der Waals surface area contributed by atoms with E-state index in [0.29, 0.717) is 18.1 Å². The molecule has 186 valence electrons. The van der Waals surface area contributed by atoms with Crippen LogP contribution in [-0.2, 0) is 20.2 Å². The van der Waals surface area contributed by atoms with Gasteiger partial charge in [-0.3, -0.25) is 4.79 Å². The third-order valence-corrected chi connectivity index (χ3v) is 5.97. The van der Waals surface area contributed by atoms with Crippen molar-refractivity contribution in [3.8, 4) is 17.1 Å². The van der Waals surface area contributed by atoms with Crippen LogP contribution in [0.3, 0.4) is 0 Å². The van der Waals surface area contributed by atoms with Gasteiger partial charge in [-0.25, -0.2) is 0 Å². The van der Waals surface area contributed by atoms with Gasteiger partial charge in [0.1, 0.15) is 12.4 Å². The molecule has 0 aliphatic rings. The minimum absolute atomic E-state index is 0.140. The number of carbonyl (C=O) groups excluding carboxylic acids is 1. The maximum atomic E-state index is 12.6. The van der Waals surface area contributed by atoms with Crippen molar-refractivity contribution in [3.63, 3.8) is 0 Å². The van der Waals surface area contributed by atoms with Crippen LogP contribution in [0.5, 0.6) is 5.75 Å². The fraction of sp³-hybridized carbons (Fsp3) is 0.276. The molecule has 0 atom stereocenters. The molecular weight excluding hydrogens is 450 g/mol. The maximum Gasteiger partial charge on any atom is 0.255 e. The van der Waals surface area contributed by atoms with E-state index in [-0.39, 0.29) is 5.91 Å². The molecule has 1 aromatic heterocycles. The molecule has 0 aliphatic heterocycles. The second kappa shape index (κ2) is 11.2. The summed E-state index contributed by atoms with van der Waals surface area (Å²) in [5, 5.41) is 11.6. The number of ether oxygens (including phenoxy) is 1. The van der Waals surface area contributed by atoms with E-state index in [0.717, 1.165) is 35.2 Å². The first-order chi connectivity index (χ1) is 17.3. The standard InChI is InChI=1S/C29H33N5O2/c1-20(2)24-7-6-8-26(17-24)36-19-27-31-32-28(34(27)5)22-13-15-25(16-14-22)30-29(35)23-11-9-21(10-12-23)18-33(3)4/h6-17,20H,18-19H2,1-5H3,(H,30,35). The molecule has 0 bridgehead atoms. The van der Waals surface area contributed by atoms with Crippen molar-refractivity contribution in [2.75, 3.05) is 19.4 Å². The lowest BCUT2D eigenvalue weighted by Crippen LogP contribution is -2.13. The van der Waals surface area contributed by atoms with Gasteiger partial charge >= 0.3 is 0 Å². The molecule has 0 unspecified atom stereocenters. The van der Waals surface area contributed by atoms with Crippen LogP contribution in [0, 0.1) is 0 Å². The summed E-state index contributed by atoms with van der Waals surface area (Å²) in [6.45, 7) is 5.49. The Morgan fingerprint density at radius 2 is 1.72 bits per heavy atom. The van der Waals surface area contributed by atoms with E-state index < -0.39 is 0 Å². The zero-order valence-electron chi connectivity index (χ0n) is 21.5. The van der Waals surface area contributed by atoms with E-state index in [2.05, 4.69) is 46.4 Å². The molecule has 4 rings (SSSR count). The van der Waals surface area contributed by atoms with Gasteiger partial charge in [-0.2, -0.15) is 0 Å². The molecule has 1 amide bonds. The van der Waals surface area contributed by atoms with Crippen molar-refractivity contribution in [1.82, 2.24) is 19.7 Å². The molecule has 0 aliphatic carbocycles. The van der Waals surface area contributed by atoms with Crippen molar-refractivity contribution < 1.29 is 9.53 Å². The predicted octanol–water partition coefficient (Wildman–Crippen LogP) is 5.50. The van der Waals surface area contributed by atoms with Crippen molar-refractivity contribution in [2.24, 2.45) is 7.05 Å². The van der Waals surface area contributed by atoms with E-state index >= 15 is 0 Å². The molecular formula is C29H33N5O2. The topological polar surface area (TPSA) is 72.3 Å². The first kappa shape index (κ1) is 25.1. The molecule has 3 aromatic carbocycles. The number of hydrogen-bond donors (Lipinski definition) is 1. The number of benzene rings is 3. The second-order valence-corrected chi connectivity index (χ2v) is 9.48. The summed E-state index contributed by atoms with van der Waals surface area (Å²) in [4.78, 5) is 14.7. The van der Waals surface area contributed by atoms with Crippen LogP contribution >= 0.6 is 0 Å². The SMILES string of the molecule is CC(C)c1cccc(OCc2nnc(-c3ccc(NC(=O)c4ccc(CN(C)C)cc4)cc3)n2C)c1. The predicted molar refractivity (Wildman–Crippen MR) is 143 cm³/mol. The smallest absolute Gasteiger partial charge is 0.255 e. The van der Waals surface area contributed by atoms with Gasteiger partial charge < -0.3 is 19.5 Å². The van der Waals surface area contributed by atoms with E-state index in [9.17, 15) is 4.79 Å². The summed E-state index contributed by atoms with van der Waals surface area (Å²) in [6.07, 6.45) is 0. The molecule has 0 saturated heterocycles. The Morgan fingerprint density at radius 3 is 2.39 bits per heavy atom. The first-order valence-corrected chi connectivity index (χ1v) is 12.1. The van der Waals surface area contributed by atoms with Crippen LogP contribution in [0.25, 0.3) is 11.4 Å². The largest absolute Gasteiger partial charge is 0.486 e. The van der Waals surface area contributed by atoms with Gasteiger partial charge in [0.15, 0.2) is 11.6 Å². The highest BCUT2D eigenvalue weighted by Gasteiger charge is 2.13. The summed E-state index contributed by atoms with van der Waals surface area (Å²) in [6, 6.07) is 23.4. The lowest BCUT2D eigenvalue weighted by molar-refractivity contribution is 0.102. The first-order valence-electron chi connectivity index (χ1n) is 12.1. The Kier molecular flexibility index (Phi) is 7.80. The summed E-state index contributed by atoms with van der Waals surface area (Å²) >= 11 is 0. The number of aromatic nitrogens is 3. The molecule has 0 fully saturated rings. The van der Waals surface area contributed by atoms with Crippen molar-refractivity contribution in [3.05, 3.63) is 95.3 Å². The van der Waals surface area contributed by atoms with Crippen LogP contribution in [0.4, 0.5) is 5.69 Å². The summed E-state index contributed by atoms with van der Waals surface area (Å²) in [5.74, 6) is 2.59. The Balaban J connectivity index is 1.38. The van der Waals surface area contributed by atoms with Crippen LogP contribution < -0.4 is 10.1 Å². The Bertz CT molecular complexity index is 1310. The van der Waals surface area contributed by atoms with Gasteiger partial charge in [-0.05, 0) is 79.7 Å². The molecule has 7 heteroatoms. The molecule has 1 N–H and O–H groups in total. The normalized spacial score (nSPS) is 11.2. The minimum Gasteiger partial charge on any atom is -0.486 e.